The van der Waals surface area contributed by atoms with Crippen molar-refractivity contribution in [2.75, 3.05) is 89.6 Å². The largest absolute Gasteiger partial charge is 0.457 e. The maximum atomic E-state index is 15.5. The van der Waals surface area contributed by atoms with Crippen LogP contribution >= 0.6 is 0 Å². The molecule has 1 aliphatic carbocycles. The molecular weight excluding hydrogens is 1590 g/mol. The van der Waals surface area contributed by atoms with Crippen LogP contribution in [-0.2, 0) is 14.8 Å². The molecule has 3 N–H and O–H groups in total. The number of ether oxygens (including phenoxy) is 3. The minimum absolute atomic E-state index is 0. The standard InChI is InChI=1S/C28H27FN10O2.C26H25FN10O3S.C25H22FN11O.2CH4/c1-16-13-37(9-10-38(16)27(40)18-3-4-18)28-30-12-21-25(36-28)26(33-14-31-21)35-20-5-6-22(17(2)24(20)29)41-19-7-8-39-23(11-19)32-15-34-39;1-4-41(38,39)37-10-9-35(13-16(37)2)26-28-12-20-24(34-26)25(31-14-29-20)33-19-5-6-21(17(3)23(19)27)40-18-7-8-36-22(11-18)30-15-32-36;1-15-11-35(7-8-36(15)12-27)25-28-10-19-23(34-25)24(31-13-29-19)33-18-3-4-20(16(2)22(18)26)38-17-5-6-37-21(9-17)30-14-32-37;;/h5-8,11-12,14-16,18H,3-4,9-10,13H2,1-2H3,(H,31,33,35);4-8,11-12,14-16H,1,9-10,13H2,2-3H3,(H,29,31,33);3-6,9-10,13-15H,7-8,11H2,1-2H3,(H,29,31,33);2*1H4/t2*16-;15-;;/m111../s1. The summed E-state index contributed by atoms with van der Waals surface area (Å²) >= 11 is 0. The van der Waals surface area contributed by atoms with Crippen LogP contribution in [0.25, 0.3) is 50.0 Å². The number of sulfonamides is 1. The summed E-state index contributed by atoms with van der Waals surface area (Å²) in [5, 5.41) is 31.6. The summed E-state index contributed by atoms with van der Waals surface area (Å²) in [4.78, 5) is 88.0. The number of benzene rings is 3. The number of carbonyl (C=O) groups is 1. The average molecular weight is 1670 g/mol. The second-order valence-corrected chi connectivity index (χ2v) is 30.6. The van der Waals surface area contributed by atoms with Gasteiger partial charge in [-0.25, -0.2) is 110 Å². The number of rotatable bonds is 18. The number of hydrogen-bond acceptors (Lipinski definition) is 32. The third-order valence-corrected chi connectivity index (χ3v) is 22.5. The molecular formula is C81H82F3N31O6S. The molecule has 3 atom stereocenters. The number of fused-ring (bicyclic) bond motifs is 6. The Balaban J connectivity index is 0.000000141. The molecule has 1 amide bonds. The number of nitriles is 1. The predicted molar refractivity (Wildman–Crippen MR) is 449 cm³/mol. The van der Waals surface area contributed by atoms with Gasteiger partial charge in [0.1, 0.15) is 106 Å². The molecule has 122 heavy (non-hydrogen) atoms. The Hall–Kier alpha value is -14.8. The number of hydrogen-bond donors (Lipinski definition) is 3. The van der Waals surface area contributed by atoms with Crippen LogP contribution in [0, 0.1) is 55.6 Å². The SMILES string of the molecule is C.C.C=CS(=O)(=O)N1CCN(c2ncc3ncnc(Nc4ccc(Oc5ccn6ncnc6c5)c(C)c4F)c3n2)C[C@H]1C.Cc1c(Oc2ccn3ncnc3c2)ccc(Nc2ncnc3cnc(N4CCN(C#N)[C@H](C)C4)nc23)c1F.Cc1c(Oc2ccn3ncnc3c2)ccc(Nc2ncnc3cnc(N4CCN(C(=O)C5CC5)[C@H](C)C4)nc23)c1F. The number of aromatic nitrogens is 21. The Morgan fingerprint density at radius 2 is 0.852 bits per heavy atom. The molecule has 37 nitrogen and oxygen atoms in total. The van der Waals surface area contributed by atoms with Crippen molar-refractivity contribution >= 4 is 118 Å². The van der Waals surface area contributed by atoms with Gasteiger partial charge in [0.2, 0.25) is 33.8 Å². The van der Waals surface area contributed by atoms with Crippen LogP contribution in [0.5, 0.6) is 34.5 Å². The first-order chi connectivity index (χ1) is 58.2. The summed E-state index contributed by atoms with van der Waals surface area (Å²) in [6.45, 7) is 18.9. The number of amides is 1. The number of halogens is 3. The molecule has 624 valence electrons. The number of nitrogens with one attached hydrogen (secondary N) is 3. The van der Waals surface area contributed by atoms with Gasteiger partial charge in [0.05, 0.1) is 41.7 Å². The molecule has 0 radical (unpaired) electrons. The lowest BCUT2D eigenvalue weighted by Gasteiger charge is -2.40. The number of anilines is 9. The molecule has 15 aromatic rings. The highest BCUT2D eigenvalue weighted by atomic mass is 32.2. The second kappa shape index (κ2) is 34.6. The lowest BCUT2D eigenvalue weighted by atomic mass is 10.1. The molecule has 0 spiro atoms. The summed E-state index contributed by atoms with van der Waals surface area (Å²) in [6, 6.07) is 19.9. The summed E-state index contributed by atoms with van der Waals surface area (Å²) < 4.78 is 95.1. The van der Waals surface area contributed by atoms with E-state index in [4.69, 9.17) is 24.2 Å². The Bertz CT molecular complexity index is 6630. The Labute approximate surface area is 696 Å². The number of pyridine rings is 3. The fourth-order valence-electron chi connectivity index (χ4n) is 14.1. The van der Waals surface area contributed by atoms with Crippen molar-refractivity contribution in [2.24, 2.45) is 5.92 Å². The van der Waals surface area contributed by atoms with Gasteiger partial charge in [0, 0.05) is 136 Å². The zero-order chi connectivity index (χ0) is 83.0. The first-order valence-electron chi connectivity index (χ1n) is 38.1. The fourth-order valence-corrected chi connectivity index (χ4v) is 15.2. The van der Waals surface area contributed by atoms with E-state index >= 15 is 13.2 Å². The van der Waals surface area contributed by atoms with E-state index in [9.17, 15) is 18.5 Å². The highest BCUT2D eigenvalue weighted by molar-refractivity contribution is 7.92. The molecule has 0 bridgehead atoms. The monoisotopic (exact) mass is 1670 g/mol. The van der Waals surface area contributed by atoms with Crippen LogP contribution in [0.4, 0.5) is 65.5 Å². The first-order valence-corrected chi connectivity index (χ1v) is 39.6. The number of carbonyl (C=O) groups excluding carboxylic acids is 1. The third kappa shape index (κ3) is 17.0. The average Bonchev–Trinajstić information content (AvgIpc) is 0.957. The molecule has 3 saturated heterocycles. The van der Waals surface area contributed by atoms with Gasteiger partial charge in [-0.15, -0.1) is 0 Å². The van der Waals surface area contributed by atoms with Crippen LogP contribution in [0.3, 0.4) is 0 Å². The third-order valence-electron chi connectivity index (χ3n) is 20.8. The summed E-state index contributed by atoms with van der Waals surface area (Å²) in [6.07, 6.45) is 22.6. The van der Waals surface area contributed by atoms with E-state index in [1.807, 2.05) is 28.5 Å². The van der Waals surface area contributed by atoms with Gasteiger partial charge in [0.15, 0.2) is 58.0 Å². The van der Waals surface area contributed by atoms with Gasteiger partial charge in [-0.2, -0.15) is 24.9 Å². The van der Waals surface area contributed by atoms with Crippen molar-refractivity contribution in [3.05, 3.63) is 194 Å². The Kier molecular flexibility index (Phi) is 23.4. The van der Waals surface area contributed by atoms with Gasteiger partial charge in [-0.1, -0.05) is 21.4 Å². The van der Waals surface area contributed by atoms with E-state index in [1.54, 1.807) is 149 Å². The molecule has 3 aromatic carbocycles. The molecule has 41 heteroatoms. The van der Waals surface area contributed by atoms with Crippen molar-refractivity contribution in [1.82, 2.24) is 118 Å². The van der Waals surface area contributed by atoms with Gasteiger partial charge in [-0.3, -0.25) is 4.79 Å². The summed E-state index contributed by atoms with van der Waals surface area (Å²) in [7, 11) is -3.54. The minimum atomic E-state index is -3.54. The quantitative estimate of drug-likeness (QED) is 0.0672. The van der Waals surface area contributed by atoms with Gasteiger partial charge >= 0.3 is 0 Å². The van der Waals surface area contributed by atoms with Crippen LogP contribution in [0.2, 0.25) is 0 Å². The molecule has 19 rings (SSSR count). The number of piperazine rings is 3. The highest BCUT2D eigenvalue weighted by Gasteiger charge is 2.38. The fraction of sp³-hybridized carbons (Fsp3) is 0.284. The molecule has 15 heterocycles. The van der Waals surface area contributed by atoms with Crippen LogP contribution in [0.15, 0.2) is 160 Å². The highest BCUT2D eigenvalue weighted by Crippen LogP contribution is 2.39. The van der Waals surface area contributed by atoms with Crippen molar-refractivity contribution in [3.8, 4) is 40.7 Å². The molecule has 4 fully saturated rings. The predicted octanol–water partition coefficient (Wildman–Crippen LogP) is 12.0. The lowest BCUT2D eigenvalue weighted by Crippen LogP contribution is -2.54. The number of nitrogens with zero attached hydrogens (tertiary/aromatic N) is 28. The molecule has 12 aromatic heterocycles. The van der Waals surface area contributed by atoms with Gasteiger partial charge in [0.25, 0.3) is 0 Å². The lowest BCUT2D eigenvalue weighted by molar-refractivity contribution is -0.135. The maximum absolute atomic E-state index is 15.5. The Morgan fingerprint density at radius 3 is 1.20 bits per heavy atom. The van der Waals surface area contributed by atoms with E-state index in [0.29, 0.717) is 189 Å². The van der Waals surface area contributed by atoms with E-state index < -0.39 is 27.5 Å². The van der Waals surface area contributed by atoms with E-state index in [-0.39, 0.29) is 68.4 Å². The molecule has 3 aliphatic heterocycles. The topological polar surface area (TPSA) is 403 Å². The van der Waals surface area contributed by atoms with Crippen molar-refractivity contribution in [3.63, 3.8) is 0 Å². The summed E-state index contributed by atoms with van der Waals surface area (Å²) in [5.41, 5.74) is 6.29. The zero-order valence-corrected chi connectivity index (χ0v) is 66.1. The Morgan fingerprint density at radius 1 is 0.484 bits per heavy atom. The maximum Gasteiger partial charge on any atom is 0.235 e. The second-order valence-electron chi connectivity index (χ2n) is 28.8. The van der Waals surface area contributed by atoms with Crippen molar-refractivity contribution < 1.29 is 40.6 Å². The molecule has 4 aliphatic rings. The van der Waals surface area contributed by atoms with Crippen LogP contribution in [-0.4, -0.2) is 209 Å². The van der Waals surface area contributed by atoms with E-state index in [2.05, 4.69) is 121 Å². The minimum Gasteiger partial charge on any atom is -0.457 e. The molecule has 0 unspecified atom stereocenters. The van der Waals surface area contributed by atoms with E-state index in [0.717, 1.165) is 18.2 Å². The van der Waals surface area contributed by atoms with Crippen molar-refractivity contribution in [2.45, 2.75) is 87.4 Å². The normalized spacial score (nSPS) is 16.1. The van der Waals surface area contributed by atoms with Gasteiger partial charge < -0.3 is 54.7 Å². The van der Waals surface area contributed by atoms with Crippen molar-refractivity contribution in [1.29, 1.82) is 5.26 Å². The first kappa shape index (κ1) is 82.3. The smallest absolute Gasteiger partial charge is 0.235 e. The van der Waals surface area contributed by atoms with Crippen LogP contribution in [0.1, 0.15) is 65.2 Å². The van der Waals surface area contributed by atoms with Crippen LogP contribution < -0.4 is 44.9 Å². The van der Waals surface area contributed by atoms with E-state index in [1.165, 1.54) is 42.3 Å². The van der Waals surface area contributed by atoms with Gasteiger partial charge in [-0.05, 0) is 109 Å². The zero-order valence-electron chi connectivity index (χ0n) is 65.2. The molecule has 1 saturated carbocycles. The summed E-state index contributed by atoms with van der Waals surface area (Å²) in [5.74, 6) is 4.04.